The number of para-hydroxylation sites is 1. The first kappa shape index (κ1) is 17.5. The van der Waals surface area contributed by atoms with Crippen molar-refractivity contribution in [2.75, 3.05) is 18.8 Å². The Kier molecular flexibility index (Phi) is 5.71. The van der Waals surface area contributed by atoms with Crippen LogP contribution < -0.4 is 0 Å². The molecule has 0 atom stereocenters. The molecule has 3 rings (SSSR count). The molecule has 0 unspecified atom stereocenters. The Balaban J connectivity index is 1.69. The van der Waals surface area contributed by atoms with E-state index in [4.69, 9.17) is 5.26 Å². The van der Waals surface area contributed by atoms with Gasteiger partial charge < -0.3 is 4.90 Å². The standard InChI is InChI=1S/C18H21N5OS/c1-2-22(12-6-11-19)16(24)13-25-18-20-17(14-9-10-14)23(21-18)15-7-4-3-5-8-15/h3-5,7-8,14H,2,6,9-10,12-13H2,1H3. The summed E-state index contributed by atoms with van der Waals surface area (Å²) in [4.78, 5) is 18.7. The molecule has 25 heavy (non-hydrogen) atoms. The summed E-state index contributed by atoms with van der Waals surface area (Å²) in [6.45, 7) is 3.01. The molecule has 0 aliphatic heterocycles. The minimum Gasteiger partial charge on any atom is -0.341 e. The van der Waals surface area contributed by atoms with Crippen LogP contribution >= 0.6 is 11.8 Å². The molecule has 1 aliphatic carbocycles. The first-order chi connectivity index (χ1) is 12.2. The zero-order valence-electron chi connectivity index (χ0n) is 14.3. The highest BCUT2D eigenvalue weighted by Gasteiger charge is 2.30. The number of carbonyl (C=O) groups excluding carboxylic acids is 1. The van der Waals surface area contributed by atoms with Gasteiger partial charge in [-0.3, -0.25) is 4.79 Å². The van der Waals surface area contributed by atoms with Crippen LogP contribution in [0.4, 0.5) is 0 Å². The average Bonchev–Trinajstić information content (AvgIpc) is 3.41. The van der Waals surface area contributed by atoms with Gasteiger partial charge in [-0.25, -0.2) is 9.67 Å². The predicted octanol–water partition coefficient (Wildman–Crippen LogP) is 3.00. The number of hydrogen-bond acceptors (Lipinski definition) is 5. The van der Waals surface area contributed by atoms with Crippen LogP contribution in [0.5, 0.6) is 0 Å². The Labute approximate surface area is 151 Å². The first-order valence-electron chi connectivity index (χ1n) is 8.52. The van der Waals surface area contributed by atoms with Crippen LogP contribution in [0.25, 0.3) is 5.69 Å². The zero-order valence-corrected chi connectivity index (χ0v) is 15.1. The summed E-state index contributed by atoms with van der Waals surface area (Å²) in [5, 5.41) is 13.9. The summed E-state index contributed by atoms with van der Waals surface area (Å²) in [6.07, 6.45) is 2.65. The topological polar surface area (TPSA) is 74.8 Å². The van der Waals surface area contributed by atoms with E-state index in [9.17, 15) is 4.79 Å². The van der Waals surface area contributed by atoms with E-state index in [-0.39, 0.29) is 5.91 Å². The number of carbonyl (C=O) groups is 1. The van der Waals surface area contributed by atoms with Gasteiger partial charge in [-0.1, -0.05) is 30.0 Å². The molecule has 2 aromatic rings. The average molecular weight is 355 g/mol. The van der Waals surface area contributed by atoms with E-state index in [2.05, 4.69) is 16.2 Å². The molecule has 0 spiro atoms. The van der Waals surface area contributed by atoms with E-state index < -0.39 is 0 Å². The summed E-state index contributed by atoms with van der Waals surface area (Å²) in [5.41, 5.74) is 0.999. The van der Waals surface area contributed by atoms with E-state index in [0.29, 0.717) is 36.3 Å². The maximum atomic E-state index is 12.3. The molecule has 1 fully saturated rings. The van der Waals surface area contributed by atoms with Crippen molar-refractivity contribution in [3.8, 4) is 11.8 Å². The summed E-state index contributed by atoms with van der Waals surface area (Å²) in [5.74, 6) is 1.77. The lowest BCUT2D eigenvalue weighted by Gasteiger charge is -2.18. The lowest BCUT2D eigenvalue weighted by atomic mass is 10.3. The second-order valence-corrected chi connectivity index (χ2v) is 6.89. The quantitative estimate of drug-likeness (QED) is 0.681. The number of nitrogens with zero attached hydrogens (tertiary/aromatic N) is 5. The highest BCUT2D eigenvalue weighted by molar-refractivity contribution is 7.99. The van der Waals surface area contributed by atoms with Gasteiger partial charge >= 0.3 is 0 Å². The highest BCUT2D eigenvalue weighted by atomic mass is 32.2. The number of aromatic nitrogens is 3. The molecule has 6 nitrogen and oxygen atoms in total. The van der Waals surface area contributed by atoms with Crippen molar-refractivity contribution in [1.82, 2.24) is 19.7 Å². The Hall–Kier alpha value is -2.33. The third-order valence-corrected chi connectivity index (χ3v) is 4.93. The molecular weight excluding hydrogens is 334 g/mol. The minimum atomic E-state index is 0.0202. The van der Waals surface area contributed by atoms with E-state index in [1.165, 1.54) is 11.8 Å². The van der Waals surface area contributed by atoms with Gasteiger partial charge in [0.2, 0.25) is 11.1 Å². The number of rotatable bonds is 8. The van der Waals surface area contributed by atoms with Crippen molar-refractivity contribution in [1.29, 1.82) is 5.26 Å². The second kappa shape index (κ2) is 8.17. The van der Waals surface area contributed by atoms with Crippen LogP contribution in [0.1, 0.15) is 37.9 Å². The van der Waals surface area contributed by atoms with Gasteiger partial charge in [0.15, 0.2) is 0 Å². The summed E-state index contributed by atoms with van der Waals surface area (Å²) in [6, 6.07) is 12.1. The Bertz CT molecular complexity index is 764. The van der Waals surface area contributed by atoms with Crippen molar-refractivity contribution in [2.24, 2.45) is 0 Å². The van der Waals surface area contributed by atoms with Gasteiger partial charge in [0, 0.05) is 19.0 Å². The minimum absolute atomic E-state index is 0.0202. The second-order valence-electron chi connectivity index (χ2n) is 5.94. The molecular formula is C18H21N5OS. The normalized spacial score (nSPS) is 13.4. The molecule has 1 aliphatic rings. The number of nitriles is 1. The Morgan fingerprint density at radius 1 is 1.40 bits per heavy atom. The number of amides is 1. The third kappa shape index (κ3) is 4.40. The van der Waals surface area contributed by atoms with Gasteiger partial charge in [-0.2, -0.15) is 5.26 Å². The Morgan fingerprint density at radius 2 is 2.16 bits per heavy atom. The third-order valence-electron chi connectivity index (χ3n) is 4.11. The van der Waals surface area contributed by atoms with Crippen LogP contribution in [0.15, 0.2) is 35.5 Å². The largest absolute Gasteiger partial charge is 0.341 e. The van der Waals surface area contributed by atoms with E-state index in [1.807, 2.05) is 41.9 Å². The van der Waals surface area contributed by atoms with Crippen molar-refractivity contribution in [3.63, 3.8) is 0 Å². The molecule has 1 amide bonds. The van der Waals surface area contributed by atoms with Crippen LogP contribution in [0.2, 0.25) is 0 Å². The summed E-state index contributed by atoms with van der Waals surface area (Å²) in [7, 11) is 0. The van der Waals surface area contributed by atoms with Gasteiger partial charge in [0.05, 0.1) is 23.9 Å². The van der Waals surface area contributed by atoms with Crippen LogP contribution in [0.3, 0.4) is 0 Å². The molecule has 1 saturated carbocycles. The van der Waals surface area contributed by atoms with Crippen molar-refractivity contribution >= 4 is 17.7 Å². The van der Waals surface area contributed by atoms with Gasteiger partial charge in [0.1, 0.15) is 5.82 Å². The van der Waals surface area contributed by atoms with Crippen LogP contribution in [0, 0.1) is 11.3 Å². The fraction of sp³-hybridized carbons (Fsp3) is 0.444. The van der Waals surface area contributed by atoms with Crippen molar-refractivity contribution in [3.05, 3.63) is 36.2 Å². The van der Waals surface area contributed by atoms with E-state index in [1.54, 1.807) is 4.90 Å². The van der Waals surface area contributed by atoms with Gasteiger partial charge in [-0.05, 0) is 31.9 Å². The molecule has 0 N–H and O–H groups in total. The molecule has 1 heterocycles. The molecule has 0 saturated heterocycles. The van der Waals surface area contributed by atoms with Crippen molar-refractivity contribution in [2.45, 2.75) is 37.3 Å². The van der Waals surface area contributed by atoms with Crippen LogP contribution in [-0.2, 0) is 4.79 Å². The summed E-state index contributed by atoms with van der Waals surface area (Å²) >= 11 is 1.36. The SMILES string of the molecule is CCN(CCC#N)C(=O)CSc1nc(C2CC2)n(-c2ccccc2)n1. The zero-order chi connectivity index (χ0) is 17.6. The number of thioether (sulfide) groups is 1. The number of benzene rings is 1. The molecule has 7 heteroatoms. The molecule has 1 aromatic carbocycles. The fourth-order valence-electron chi connectivity index (χ4n) is 2.59. The molecule has 0 bridgehead atoms. The van der Waals surface area contributed by atoms with Gasteiger partial charge in [-0.15, -0.1) is 5.10 Å². The molecule has 130 valence electrons. The lowest BCUT2D eigenvalue weighted by molar-refractivity contribution is -0.128. The predicted molar refractivity (Wildman–Crippen MR) is 96.5 cm³/mol. The first-order valence-corrected chi connectivity index (χ1v) is 9.51. The van der Waals surface area contributed by atoms with E-state index >= 15 is 0 Å². The van der Waals surface area contributed by atoms with Crippen LogP contribution in [-0.4, -0.2) is 44.4 Å². The summed E-state index contributed by atoms with van der Waals surface area (Å²) < 4.78 is 1.90. The van der Waals surface area contributed by atoms with Gasteiger partial charge in [0.25, 0.3) is 0 Å². The van der Waals surface area contributed by atoms with E-state index in [0.717, 1.165) is 24.4 Å². The fourth-order valence-corrected chi connectivity index (χ4v) is 3.32. The van der Waals surface area contributed by atoms with Crippen molar-refractivity contribution < 1.29 is 4.79 Å². The molecule has 0 radical (unpaired) electrons. The maximum Gasteiger partial charge on any atom is 0.233 e. The lowest BCUT2D eigenvalue weighted by Crippen LogP contribution is -2.33. The monoisotopic (exact) mass is 355 g/mol. The maximum absolute atomic E-state index is 12.3. The smallest absolute Gasteiger partial charge is 0.233 e. The molecule has 1 aromatic heterocycles. The highest BCUT2D eigenvalue weighted by Crippen LogP contribution is 2.40. The number of hydrogen-bond donors (Lipinski definition) is 0. The Morgan fingerprint density at radius 3 is 2.80 bits per heavy atom.